The fraction of sp³-hybridized carbons (Fsp3) is 0.448. The summed E-state index contributed by atoms with van der Waals surface area (Å²) in [5.74, 6) is 0.858. The zero-order chi connectivity index (χ0) is 53.7. The largest absolute Gasteiger partial charge is 0.444 e. The molecular weight excluding hydrogens is 969 g/mol. The Balaban J connectivity index is 0.000000198. The van der Waals surface area contributed by atoms with Crippen LogP contribution in [-0.2, 0) is 41.5 Å². The van der Waals surface area contributed by atoms with E-state index >= 15 is 0 Å². The van der Waals surface area contributed by atoms with Gasteiger partial charge in [0.2, 0.25) is 23.6 Å². The summed E-state index contributed by atoms with van der Waals surface area (Å²) in [5.41, 5.74) is 5.99. The van der Waals surface area contributed by atoms with Gasteiger partial charge < -0.3 is 39.6 Å². The average Bonchev–Trinajstić information content (AvgIpc) is 4.24. The number of nitrogens with one attached hydrogen (secondary N) is 4. The molecule has 0 bridgehead atoms. The van der Waals surface area contributed by atoms with Crippen LogP contribution in [0, 0.1) is 0 Å². The van der Waals surface area contributed by atoms with E-state index in [4.69, 9.17) is 18.3 Å². The molecule has 4 aliphatic rings. The van der Waals surface area contributed by atoms with Gasteiger partial charge in [0, 0.05) is 48.4 Å². The number of oxazole rings is 2. The average molecular weight is 1040 g/mol. The first-order chi connectivity index (χ1) is 36.3. The minimum Gasteiger partial charge on any atom is -0.444 e. The summed E-state index contributed by atoms with van der Waals surface area (Å²) in [7, 11) is 0. The standard InChI is InChI=1S/C34H42N4O7.C24H26N4O3/c1-33(2,3)44-31(41)37-17-7-9-25(37)27(39)20-21-11-16-28-24(19-21)36-30(43-28)22-12-14-23(15-13-22)35-29(40)26-10-8-18-38(26)32(42)45-34(4,5)6;29-21(18-3-1-11-25-18)14-15-5-10-22-20(13-15)28-24(31-22)16-6-8-17(9-7-16)27-23(30)19-4-2-12-26-19/h11-16,19,25-26H,7-10,17-18,20H2,1-6H3,(H,35,40);5-10,13,18-19,25-26H,1-4,11-12,14H2,(H,27,30)/t25-,26-;18-,19-/m00/s1. The van der Waals surface area contributed by atoms with Crippen LogP contribution in [0.4, 0.5) is 21.0 Å². The van der Waals surface area contributed by atoms with Gasteiger partial charge in [-0.25, -0.2) is 19.6 Å². The number of carbonyl (C=O) groups excluding carboxylic acids is 6. The van der Waals surface area contributed by atoms with E-state index in [2.05, 4.69) is 31.2 Å². The quantitative estimate of drug-likeness (QED) is 0.0896. The summed E-state index contributed by atoms with van der Waals surface area (Å²) in [6.07, 6.45) is 6.19. The molecule has 4 fully saturated rings. The van der Waals surface area contributed by atoms with Gasteiger partial charge in [-0.2, -0.15) is 0 Å². The third-order valence-electron chi connectivity index (χ3n) is 13.7. The maximum Gasteiger partial charge on any atom is 0.410 e. The molecular formula is C58H68N8O10. The normalized spacial score (nSPS) is 19.6. The van der Waals surface area contributed by atoms with Crippen molar-refractivity contribution < 1.29 is 47.1 Å². The first kappa shape index (κ1) is 53.4. The van der Waals surface area contributed by atoms with Crippen LogP contribution in [0.5, 0.6) is 0 Å². The van der Waals surface area contributed by atoms with Crippen LogP contribution in [0.3, 0.4) is 0 Å². The van der Waals surface area contributed by atoms with Crippen molar-refractivity contribution in [2.75, 3.05) is 36.8 Å². The van der Waals surface area contributed by atoms with Crippen molar-refractivity contribution in [3.8, 4) is 22.9 Å². The number of ketones is 2. The number of ether oxygens (including phenoxy) is 2. The van der Waals surface area contributed by atoms with E-state index in [0.717, 1.165) is 85.1 Å². The minimum absolute atomic E-state index is 0.00184. The fourth-order valence-corrected chi connectivity index (χ4v) is 9.99. The lowest BCUT2D eigenvalue weighted by molar-refractivity contribution is -0.123. The second-order valence-corrected chi connectivity index (χ2v) is 22.0. The number of Topliss-reactive ketones (excluding diaryl/α,β-unsaturated/α-hetero) is 2. The Morgan fingerprint density at radius 2 is 1.00 bits per heavy atom. The van der Waals surface area contributed by atoms with Crippen LogP contribution >= 0.6 is 0 Å². The van der Waals surface area contributed by atoms with E-state index < -0.39 is 35.5 Å². The molecule has 0 saturated carbocycles. The highest BCUT2D eigenvalue weighted by atomic mass is 16.6. The lowest BCUT2D eigenvalue weighted by Crippen LogP contribution is -2.45. The number of benzene rings is 4. The number of hydrogen-bond donors (Lipinski definition) is 4. The Bertz CT molecular complexity index is 3090. The van der Waals surface area contributed by atoms with Crippen molar-refractivity contribution >= 4 is 69.1 Å². The molecule has 10 rings (SSSR count). The van der Waals surface area contributed by atoms with Gasteiger partial charge in [-0.15, -0.1) is 0 Å². The van der Waals surface area contributed by atoms with Crippen molar-refractivity contribution in [3.63, 3.8) is 0 Å². The van der Waals surface area contributed by atoms with Crippen molar-refractivity contribution in [1.82, 2.24) is 30.4 Å². The number of anilines is 2. The first-order valence-electron chi connectivity index (χ1n) is 26.5. The van der Waals surface area contributed by atoms with E-state index in [1.165, 1.54) is 9.80 Å². The lowest BCUT2D eigenvalue weighted by Gasteiger charge is -2.28. The predicted molar refractivity (Wildman–Crippen MR) is 288 cm³/mol. The van der Waals surface area contributed by atoms with Crippen LogP contribution in [0.1, 0.15) is 104 Å². The summed E-state index contributed by atoms with van der Waals surface area (Å²) >= 11 is 0. The third kappa shape index (κ3) is 13.3. The maximum atomic E-state index is 13.2. The molecule has 0 aliphatic carbocycles. The topological polar surface area (TPSA) is 228 Å². The summed E-state index contributed by atoms with van der Waals surface area (Å²) in [5, 5.41) is 12.3. The SMILES string of the molecule is CC(C)(C)OC(=O)N1CCC[C@H]1C(=O)Cc1ccc2oc(-c3ccc(NC(=O)[C@@H]4CCCN4C(=O)OC(C)(C)C)cc3)nc2c1.O=C(Cc1ccc2oc(-c3ccc(NC(=O)[C@@H]4CCCN4)cc3)nc2c1)[C@@H]1CCCN1. The van der Waals surface area contributed by atoms with E-state index in [0.29, 0.717) is 66.5 Å². The molecule has 18 heteroatoms. The van der Waals surface area contributed by atoms with Crippen molar-refractivity contribution in [2.24, 2.45) is 0 Å². The van der Waals surface area contributed by atoms with Gasteiger partial charge in [0.1, 0.15) is 28.3 Å². The number of fused-ring (bicyclic) bond motifs is 2. The fourth-order valence-electron chi connectivity index (χ4n) is 9.99. The van der Waals surface area contributed by atoms with E-state index in [1.54, 1.807) is 51.1 Å². The molecule has 2 aromatic heterocycles. The number of rotatable bonds is 12. The summed E-state index contributed by atoms with van der Waals surface area (Å²) in [6.45, 7) is 13.6. The van der Waals surface area contributed by atoms with Gasteiger partial charge in [0.15, 0.2) is 22.7 Å². The predicted octanol–water partition coefficient (Wildman–Crippen LogP) is 9.39. The number of likely N-dealkylation sites (tertiary alicyclic amines) is 2. The number of hydrogen-bond acceptors (Lipinski definition) is 14. The van der Waals surface area contributed by atoms with Crippen molar-refractivity contribution in [2.45, 2.75) is 141 Å². The molecule has 0 unspecified atom stereocenters. The Hall–Kier alpha value is -7.44. The molecule has 4 aromatic carbocycles. The second kappa shape index (κ2) is 22.8. The molecule has 4 amide bonds. The van der Waals surface area contributed by atoms with E-state index in [-0.39, 0.29) is 41.9 Å². The smallest absolute Gasteiger partial charge is 0.410 e. The Morgan fingerprint density at radius 1 is 0.553 bits per heavy atom. The maximum absolute atomic E-state index is 13.2. The van der Waals surface area contributed by atoms with Gasteiger partial charge >= 0.3 is 12.2 Å². The van der Waals surface area contributed by atoms with Crippen LogP contribution in [0.15, 0.2) is 93.8 Å². The van der Waals surface area contributed by atoms with Crippen LogP contribution < -0.4 is 21.3 Å². The number of carbonyl (C=O) groups is 6. The van der Waals surface area contributed by atoms with E-state index in [1.807, 2.05) is 75.4 Å². The third-order valence-corrected chi connectivity index (χ3v) is 13.7. The zero-order valence-electron chi connectivity index (χ0n) is 44.2. The number of amides is 4. The van der Waals surface area contributed by atoms with Crippen LogP contribution in [0.2, 0.25) is 0 Å². The highest BCUT2D eigenvalue weighted by Gasteiger charge is 2.38. The van der Waals surface area contributed by atoms with Gasteiger partial charge in [-0.1, -0.05) is 12.1 Å². The number of aromatic nitrogens is 2. The van der Waals surface area contributed by atoms with E-state index in [9.17, 15) is 28.8 Å². The molecule has 0 radical (unpaired) electrons. The molecule has 400 valence electrons. The molecule has 4 saturated heterocycles. The van der Waals surface area contributed by atoms with Gasteiger partial charge in [-0.05, 0) is 190 Å². The second-order valence-electron chi connectivity index (χ2n) is 22.0. The van der Waals surface area contributed by atoms with Crippen LogP contribution in [0.25, 0.3) is 45.1 Å². The molecule has 4 atom stereocenters. The van der Waals surface area contributed by atoms with Crippen molar-refractivity contribution in [3.05, 3.63) is 96.1 Å². The molecule has 4 N–H and O–H groups in total. The monoisotopic (exact) mass is 1040 g/mol. The van der Waals surface area contributed by atoms with Crippen LogP contribution in [-0.4, -0.2) is 117 Å². The molecule has 18 nitrogen and oxygen atoms in total. The first-order valence-corrected chi connectivity index (χ1v) is 26.5. The number of nitrogens with zero attached hydrogens (tertiary/aromatic N) is 4. The Morgan fingerprint density at radius 3 is 1.47 bits per heavy atom. The van der Waals surface area contributed by atoms with Gasteiger partial charge in [-0.3, -0.25) is 29.0 Å². The summed E-state index contributed by atoms with van der Waals surface area (Å²) < 4.78 is 22.9. The van der Waals surface area contributed by atoms with Gasteiger partial charge in [0.25, 0.3) is 0 Å². The molecule has 6 heterocycles. The van der Waals surface area contributed by atoms with Crippen molar-refractivity contribution in [1.29, 1.82) is 0 Å². The molecule has 0 spiro atoms. The molecule has 4 aliphatic heterocycles. The summed E-state index contributed by atoms with van der Waals surface area (Å²) in [6, 6.07) is 24.6. The lowest BCUT2D eigenvalue weighted by atomic mass is 10.0. The Labute approximate surface area is 442 Å². The van der Waals surface area contributed by atoms with Gasteiger partial charge in [0.05, 0.1) is 18.1 Å². The highest BCUT2D eigenvalue weighted by molar-refractivity contribution is 5.97. The highest BCUT2D eigenvalue weighted by Crippen LogP contribution is 2.30. The zero-order valence-corrected chi connectivity index (χ0v) is 44.2. The Kier molecular flexibility index (Phi) is 16.0. The minimum atomic E-state index is -0.638. The summed E-state index contributed by atoms with van der Waals surface area (Å²) in [4.78, 5) is 88.4. The molecule has 6 aromatic rings. The molecule has 76 heavy (non-hydrogen) atoms.